The van der Waals surface area contributed by atoms with Gasteiger partial charge in [-0.25, -0.2) is 4.79 Å². The minimum atomic E-state index is -2.03. The number of hydrogen-bond acceptors (Lipinski definition) is 5. The monoisotopic (exact) mass is 427 g/mol. The fourth-order valence-corrected chi connectivity index (χ4v) is 5.60. The SMILES string of the molecule is C[C@@H](O[Si](C)(C)C(C)(C)C)[C@@H](C(N)=O)N1CC2(CCCN2C(=O)OC(C)(C)C)C1. The van der Waals surface area contributed by atoms with Gasteiger partial charge in [0, 0.05) is 19.6 Å². The molecule has 2 atom stereocenters. The molecule has 2 rings (SSSR count). The highest BCUT2D eigenvalue weighted by atomic mass is 28.4. The molecule has 0 bridgehead atoms. The van der Waals surface area contributed by atoms with E-state index in [1.165, 1.54) is 0 Å². The number of carbonyl (C=O) groups is 2. The second kappa shape index (κ2) is 7.85. The van der Waals surface area contributed by atoms with Gasteiger partial charge in [-0.1, -0.05) is 20.8 Å². The Morgan fingerprint density at radius 2 is 1.66 bits per heavy atom. The number of ether oxygens (including phenoxy) is 1. The van der Waals surface area contributed by atoms with Gasteiger partial charge < -0.3 is 14.9 Å². The molecule has 0 aliphatic carbocycles. The molecule has 0 aromatic carbocycles. The number of nitrogens with zero attached hydrogens (tertiary/aromatic N) is 2. The summed E-state index contributed by atoms with van der Waals surface area (Å²) in [6.45, 7) is 20.4. The summed E-state index contributed by atoms with van der Waals surface area (Å²) in [5, 5.41) is 0.0542. The van der Waals surface area contributed by atoms with E-state index >= 15 is 0 Å². The van der Waals surface area contributed by atoms with Crippen LogP contribution in [-0.2, 0) is 14.0 Å². The lowest BCUT2D eigenvalue weighted by Crippen LogP contribution is -2.74. The molecule has 0 radical (unpaired) electrons. The van der Waals surface area contributed by atoms with Crippen LogP contribution < -0.4 is 5.73 Å². The Morgan fingerprint density at radius 3 is 2.10 bits per heavy atom. The molecule has 168 valence electrons. The van der Waals surface area contributed by atoms with Crippen LogP contribution in [0.25, 0.3) is 0 Å². The van der Waals surface area contributed by atoms with E-state index in [4.69, 9.17) is 14.9 Å². The summed E-state index contributed by atoms with van der Waals surface area (Å²) in [6, 6.07) is -0.490. The van der Waals surface area contributed by atoms with Crippen molar-refractivity contribution in [2.24, 2.45) is 5.73 Å². The van der Waals surface area contributed by atoms with E-state index < -0.39 is 20.0 Å². The van der Waals surface area contributed by atoms with Gasteiger partial charge in [-0.3, -0.25) is 14.6 Å². The summed E-state index contributed by atoms with van der Waals surface area (Å²) in [5.74, 6) is -0.368. The Morgan fingerprint density at radius 1 is 1.10 bits per heavy atom. The Kier molecular flexibility index (Phi) is 6.54. The van der Waals surface area contributed by atoms with Crippen LogP contribution in [0.2, 0.25) is 18.1 Å². The number of hydrogen-bond donors (Lipinski definition) is 1. The molecule has 2 aliphatic heterocycles. The van der Waals surface area contributed by atoms with Gasteiger partial charge in [0.05, 0.1) is 11.6 Å². The maximum Gasteiger partial charge on any atom is 0.410 e. The standard InChI is InChI=1S/C21H41N3O4Si/c1-15(28-29(8,9)20(5,6)7)16(17(22)25)23-13-21(14-23)11-10-12-24(21)18(26)27-19(2,3)4/h15-16H,10-14H2,1-9H3,(H2,22,25)/t15-,16+/m1/s1. The number of primary amides is 1. The van der Waals surface area contributed by atoms with E-state index in [1.54, 1.807) is 0 Å². The zero-order valence-corrected chi connectivity index (χ0v) is 20.8. The highest BCUT2D eigenvalue weighted by Gasteiger charge is 2.56. The molecule has 0 aromatic rings. The van der Waals surface area contributed by atoms with E-state index in [1.807, 2.05) is 32.6 Å². The first-order valence-electron chi connectivity index (χ1n) is 10.7. The van der Waals surface area contributed by atoms with Crippen molar-refractivity contribution in [3.8, 4) is 0 Å². The average molecular weight is 428 g/mol. The van der Waals surface area contributed by atoms with E-state index in [0.29, 0.717) is 19.6 Å². The number of amides is 2. The lowest BCUT2D eigenvalue weighted by molar-refractivity contribution is -0.135. The van der Waals surface area contributed by atoms with E-state index in [2.05, 4.69) is 38.8 Å². The quantitative estimate of drug-likeness (QED) is 0.680. The molecule has 29 heavy (non-hydrogen) atoms. The van der Waals surface area contributed by atoms with Gasteiger partial charge in [0.2, 0.25) is 5.91 Å². The molecule has 2 fully saturated rings. The molecule has 0 unspecified atom stereocenters. The van der Waals surface area contributed by atoms with Gasteiger partial charge in [-0.2, -0.15) is 0 Å². The van der Waals surface area contributed by atoms with E-state index in [-0.39, 0.29) is 28.7 Å². The molecule has 2 saturated heterocycles. The largest absolute Gasteiger partial charge is 0.444 e. The fourth-order valence-electron chi connectivity index (χ4n) is 4.19. The summed E-state index contributed by atoms with van der Waals surface area (Å²) < 4.78 is 12.1. The van der Waals surface area contributed by atoms with Crippen molar-refractivity contribution in [3.63, 3.8) is 0 Å². The van der Waals surface area contributed by atoms with Crippen LogP contribution >= 0.6 is 0 Å². The fraction of sp³-hybridized carbons (Fsp3) is 0.905. The molecule has 7 nitrogen and oxygen atoms in total. The molecule has 0 saturated carbocycles. The third-order valence-corrected chi connectivity index (χ3v) is 11.2. The molecule has 2 heterocycles. The smallest absolute Gasteiger partial charge is 0.410 e. The molecular formula is C21H41N3O4Si. The molecule has 2 aliphatic rings. The van der Waals surface area contributed by atoms with E-state index in [0.717, 1.165) is 12.8 Å². The van der Waals surface area contributed by atoms with Crippen LogP contribution in [-0.4, -0.2) is 73.0 Å². The molecular weight excluding hydrogens is 386 g/mol. The number of likely N-dealkylation sites (tertiary alicyclic amines) is 2. The summed E-state index contributed by atoms with van der Waals surface area (Å²) in [4.78, 5) is 28.9. The van der Waals surface area contributed by atoms with Gasteiger partial charge in [0.1, 0.15) is 11.6 Å². The van der Waals surface area contributed by atoms with Crippen molar-refractivity contribution in [1.29, 1.82) is 0 Å². The Balaban J connectivity index is 2.09. The molecule has 0 aromatic heterocycles. The first kappa shape index (κ1) is 24.1. The van der Waals surface area contributed by atoms with Crippen molar-refractivity contribution in [2.75, 3.05) is 19.6 Å². The first-order valence-corrected chi connectivity index (χ1v) is 13.6. The van der Waals surface area contributed by atoms with Crippen molar-refractivity contribution >= 4 is 20.3 Å². The first-order chi connectivity index (χ1) is 13.0. The van der Waals surface area contributed by atoms with Crippen LogP contribution in [0, 0.1) is 0 Å². The van der Waals surface area contributed by atoms with Crippen LogP contribution in [0.3, 0.4) is 0 Å². The number of nitrogens with two attached hydrogens (primary N) is 1. The van der Waals surface area contributed by atoms with Crippen LogP contribution in [0.5, 0.6) is 0 Å². The lowest BCUT2D eigenvalue weighted by Gasteiger charge is -2.55. The predicted octanol–water partition coefficient (Wildman–Crippen LogP) is 3.34. The topological polar surface area (TPSA) is 85.1 Å². The number of carbonyl (C=O) groups excluding carboxylic acids is 2. The normalized spacial score (nSPS) is 22.3. The third-order valence-electron chi connectivity index (χ3n) is 6.62. The van der Waals surface area contributed by atoms with Gasteiger partial charge >= 0.3 is 6.09 Å². The van der Waals surface area contributed by atoms with Crippen molar-refractivity contribution in [2.45, 2.75) is 103 Å². The average Bonchev–Trinajstić information content (AvgIpc) is 2.87. The zero-order chi connectivity index (χ0) is 22.4. The highest BCUT2D eigenvalue weighted by molar-refractivity contribution is 6.74. The summed E-state index contributed by atoms with van der Waals surface area (Å²) >= 11 is 0. The molecule has 1 spiro atoms. The molecule has 2 amide bonds. The van der Waals surface area contributed by atoms with E-state index in [9.17, 15) is 9.59 Å². The van der Waals surface area contributed by atoms with Crippen LogP contribution in [0.15, 0.2) is 0 Å². The van der Waals surface area contributed by atoms with Crippen molar-refractivity contribution in [1.82, 2.24) is 9.80 Å². The van der Waals surface area contributed by atoms with Gasteiger partial charge in [0.15, 0.2) is 8.32 Å². The number of rotatable bonds is 5. The Bertz CT molecular complexity index is 633. The summed E-state index contributed by atoms with van der Waals surface area (Å²) in [6.07, 6.45) is 1.31. The van der Waals surface area contributed by atoms with Gasteiger partial charge in [-0.15, -0.1) is 0 Å². The minimum Gasteiger partial charge on any atom is -0.444 e. The van der Waals surface area contributed by atoms with Crippen LogP contribution in [0.4, 0.5) is 4.79 Å². The Hall–Kier alpha value is -1.12. The third kappa shape index (κ3) is 5.14. The lowest BCUT2D eigenvalue weighted by atomic mass is 9.84. The summed E-state index contributed by atoms with van der Waals surface area (Å²) in [7, 11) is -2.03. The zero-order valence-electron chi connectivity index (χ0n) is 19.8. The molecule has 2 N–H and O–H groups in total. The van der Waals surface area contributed by atoms with Crippen molar-refractivity contribution in [3.05, 3.63) is 0 Å². The van der Waals surface area contributed by atoms with Gasteiger partial charge in [0.25, 0.3) is 0 Å². The van der Waals surface area contributed by atoms with Crippen molar-refractivity contribution < 1.29 is 18.8 Å². The Labute approximate surface area is 177 Å². The summed E-state index contributed by atoms with van der Waals surface area (Å²) in [5.41, 5.74) is 5.01. The predicted molar refractivity (Wildman–Crippen MR) is 117 cm³/mol. The second-order valence-electron chi connectivity index (χ2n) is 11.3. The maximum absolute atomic E-state index is 12.7. The van der Waals surface area contributed by atoms with Crippen LogP contribution in [0.1, 0.15) is 61.3 Å². The molecule has 8 heteroatoms. The second-order valence-corrected chi connectivity index (χ2v) is 16.1. The maximum atomic E-state index is 12.7. The minimum absolute atomic E-state index is 0.0542. The van der Waals surface area contributed by atoms with Gasteiger partial charge in [-0.05, 0) is 58.7 Å². The highest BCUT2D eigenvalue weighted by Crippen LogP contribution is 2.42.